The molecule has 9 heterocycles. The maximum absolute atomic E-state index is 15.1. The zero-order valence-corrected chi connectivity index (χ0v) is 39.7. The SMILES string of the molecule is CC(=O)N1CCc2c(c(N3CCCc4cc(-c5cn(C)c6ccncc56)c(C(F)F)cc43)nn2C2CCN(CC(=O)Nc3cnc(CNc4cccc5c4C(=O)N(C4CCC(=O)NC4=O)C5=O)nc3)CC2)C1. The lowest BCUT2D eigenvalue weighted by Crippen LogP contribution is -2.54. The number of fused-ring (bicyclic) bond motifs is 4. The molecule has 0 radical (unpaired) electrons. The van der Waals surface area contributed by atoms with E-state index in [1.165, 1.54) is 18.5 Å². The molecule has 370 valence electrons. The van der Waals surface area contributed by atoms with Crippen LogP contribution in [0, 0.1) is 0 Å². The van der Waals surface area contributed by atoms with Crippen molar-refractivity contribution in [2.75, 3.05) is 48.3 Å². The molecule has 72 heavy (non-hydrogen) atoms. The first-order valence-electron chi connectivity index (χ1n) is 24.2. The standard InChI is InChI=1S/C51H51F2N13O6/c1-28(67)63-18-13-40-37(26-63)48(64-15-4-5-29-19-33(34(47(52)53)20-42(29)64)36-25-61(2)39-10-14-54-23-35(36)39)60-66(40)31-11-16-62(17-12-31)27-45(69)58-30-21-56-43(57-22-30)24-55-38-7-3-6-32-46(38)51(72)65(50(32)71)41-8-9-44(68)59-49(41)70/h3,6-7,10,14,19-23,25,31,41,47,55H,4-5,8-9,11-13,15-18,24,26-27H2,1-2H3,(H,58,69)(H,59,68,70). The van der Waals surface area contributed by atoms with Crippen molar-refractivity contribution in [1.29, 1.82) is 0 Å². The average molecular weight is 980 g/mol. The van der Waals surface area contributed by atoms with Crippen LogP contribution in [-0.4, -0.2) is 118 Å². The molecule has 6 aromatic rings. The lowest BCUT2D eigenvalue weighted by molar-refractivity contribution is -0.136. The molecule has 0 aliphatic carbocycles. The molecule has 4 aromatic heterocycles. The summed E-state index contributed by atoms with van der Waals surface area (Å²) in [4.78, 5) is 96.9. The number of hydrogen-bond donors (Lipinski definition) is 3. The third-order valence-corrected chi connectivity index (χ3v) is 14.6. The predicted octanol–water partition coefficient (Wildman–Crippen LogP) is 5.44. The predicted molar refractivity (Wildman–Crippen MR) is 259 cm³/mol. The third-order valence-electron chi connectivity index (χ3n) is 14.6. The van der Waals surface area contributed by atoms with E-state index in [9.17, 15) is 28.8 Å². The van der Waals surface area contributed by atoms with Crippen LogP contribution in [-0.2, 0) is 52.2 Å². The summed E-state index contributed by atoms with van der Waals surface area (Å²) in [6.07, 6.45) is 9.19. The van der Waals surface area contributed by atoms with Crippen molar-refractivity contribution >= 4 is 69.2 Å². The van der Waals surface area contributed by atoms with E-state index in [0.717, 1.165) is 58.3 Å². The molecule has 2 saturated heterocycles. The van der Waals surface area contributed by atoms with Crippen molar-refractivity contribution < 1.29 is 37.5 Å². The first-order valence-corrected chi connectivity index (χ1v) is 24.2. The number of carbonyl (C=O) groups is 6. The minimum absolute atomic E-state index is 0.0189. The van der Waals surface area contributed by atoms with E-state index in [1.54, 1.807) is 37.5 Å². The van der Waals surface area contributed by atoms with Crippen LogP contribution < -0.4 is 20.9 Å². The fraction of sp³-hybridized carbons (Fsp3) is 0.373. The van der Waals surface area contributed by atoms with Crippen molar-refractivity contribution in [3.8, 4) is 11.1 Å². The smallest absolute Gasteiger partial charge is 0.264 e. The number of hydrogen-bond acceptors (Lipinski definition) is 13. The van der Waals surface area contributed by atoms with Crippen LogP contribution in [0.5, 0.6) is 0 Å². The van der Waals surface area contributed by atoms with Gasteiger partial charge < -0.3 is 25.0 Å². The zero-order chi connectivity index (χ0) is 49.9. The van der Waals surface area contributed by atoms with Gasteiger partial charge in [0.05, 0.1) is 60.4 Å². The molecule has 3 N–H and O–H groups in total. The Bertz CT molecular complexity index is 3220. The van der Waals surface area contributed by atoms with Crippen LogP contribution in [0.3, 0.4) is 0 Å². The van der Waals surface area contributed by atoms with Crippen molar-refractivity contribution in [3.05, 3.63) is 107 Å². The second-order valence-electron chi connectivity index (χ2n) is 19.0. The van der Waals surface area contributed by atoms with Gasteiger partial charge in [0.15, 0.2) is 5.82 Å². The van der Waals surface area contributed by atoms with Crippen LogP contribution in [0.25, 0.3) is 22.0 Å². The van der Waals surface area contributed by atoms with E-state index >= 15 is 8.78 Å². The number of halogens is 2. The van der Waals surface area contributed by atoms with E-state index in [-0.39, 0.29) is 60.5 Å². The molecule has 5 aliphatic heterocycles. The summed E-state index contributed by atoms with van der Waals surface area (Å²) in [5.41, 5.74) is 6.74. The maximum Gasteiger partial charge on any atom is 0.264 e. The number of amides is 6. The van der Waals surface area contributed by atoms with Crippen LogP contribution in [0.15, 0.2) is 67.4 Å². The van der Waals surface area contributed by atoms with E-state index in [2.05, 4.69) is 45.4 Å². The number of aryl methyl sites for hydroxylation is 2. The molecule has 19 nitrogen and oxygen atoms in total. The first kappa shape index (κ1) is 46.4. The summed E-state index contributed by atoms with van der Waals surface area (Å²) in [6.45, 7) is 4.56. The van der Waals surface area contributed by atoms with Gasteiger partial charge in [-0.3, -0.25) is 53.5 Å². The molecule has 0 saturated carbocycles. The lowest BCUT2D eigenvalue weighted by atomic mass is 9.91. The molecule has 1 atom stereocenters. The van der Waals surface area contributed by atoms with Crippen molar-refractivity contribution in [2.45, 2.75) is 83.5 Å². The Morgan fingerprint density at radius 3 is 2.47 bits per heavy atom. The van der Waals surface area contributed by atoms with Gasteiger partial charge in [0, 0.05) is 111 Å². The maximum atomic E-state index is 15.1. The topological polar surface area (TPSA) is 213 Å². The Balaban J connectivity index is 0.744. The summed E-state index contributed by atoms with van der Waals surface area (Å²) in [5.74, 6) is -1.60. The molecule has 6 amide bonds. The van der Waals surface area contributed by atoms with Crippen molar-refractivity contribution in [3.63, 3.8) is 0 Å². The normalized spacial score (nSPS) is 18.4. The number of nitrogens with one attached hydrogen (secondary N) is 3. The summed E-state index contributed by atoms with van der Waals surface area (Å²) in [5, 5.41) is 14.3. The van der Waals surface area contributed by atoms with Crippen LogP contribution >= 0.6 is 0 Å². The van der Waals surface area contributed by atoms with E-state index in [1.807, 2.05) is 34.8 Å². The highest BCUT2D eigenvalue weighted by Gasteiger charge is 2.46. The third kappa shape index (κ3) is 8.39. The number of carbonyl (C=O) groups excluding carboxylic acids is 6. The van der Waals surface area contributed by atoms with Crippen molar-refractivity contribution in [2.24, 2.45) is 7.05 Å². The summed E-state index contributed by atoms with van der Waals surface area (Å²) in [6, 6.07) is 9.15. The molecular weight excluding hydrogens is 929 g/mol. The van der Waals surface area contributed by atoms with Crippen LogP contribution in [0.4, 0.5) is 31.7 Å². The number of piperidine rings is 2. The molecule has 11 rings (SSSR count). The number of nitrogens with zero attached hydrogens (tertiary/aromatic N) is 10. The highest BCUT2D eigenvalue weighted by Crippen LogP contribution is 2.45. The Morgan fingerprint density at radius 1 is 0.903 bits per heavy atom. The summed E-state index contributed by atoms with van der Waals surface area (Å²) in [7, 11) is 1.90. The summed E-state index contributed by atoms with van der Waals surface area (Å²) < 4.78 is 34.3. The van der Waals surface area contributed by atoms with E-state index in [0.29, 0.717) is 79.0 Å². The molecule has 0 bridgehead atoms. The van der Waals surface area contributed by atoms with E-state index < -0.39 is 36.1 Å². The zero-order valence-electron chi connectivity index (χ0n) is 39.7. The molecule has 5 aliphatic rings. The van der Waals surface area contributed by atoms with Gasteiger partial charge in [-0.05, 0) is 73.6 Å². The van der Waals surface area contributed by atoms with Gasteiger partial charge in [-0.25, -0.2) is 18.7 Å². The van der Waals surface area contributed by atoms with E-state index in [4.69, 9.17) is 5.10 Å². The molecule has 0 spiro atoms. The Labute approximate surface area is 411 Å². The molecule has 2 aromatic carbocycles. The number of benzene rings is 2. The molecule has 21 heteroatoms. The fourth-order valence-corrected chi connectivity index (χ4v) is 11.0. The fourth-order valence-electron chi connectivity index (χ4n) is 11.0. The monoisotopic (exact) mass is 979 g/mol. The number of likely N-dealkylation sites (tertiary alicyclic amines) is 1. The number of pyridine rings is 1. The highest BCUT2D eigenvalue weighted by atomic mass is 19.3. The largest absolute Gasteiger partial charge is 0.377 e. The van der Waals surface area contributed by atoms with Gasteiger partial charge in [0.2, 0.25) is 23.6 Å². The average Bonchev–Trinajstić information content (AvgIpc) is 4.01. The minimum Gasteiger partial charge on any atom is -0.377 e. The van der Waals surface area contributed by atoms with Gasteiger partial charge in [-0.15, -0.1) is 0 Å². The Morgan fingerprint density at radius 2 is 1.71 bits per heavy atom. The number of alkyl halides is 2. The number of rotatable bonds is 11. The number of anilines is 4. The molecule has 1 unspecified atom stereocenters. The van der Waals surface area contributed by atoms with Crippen molar-refractivity contribution in [1.82, 2.24) is 49.3 Å². The van der Waals surface area contributed by atoms with Gasteiger partial charge in [-0.1, -0.05) is 6.07 Å². The minimum atomic E-state index is -2.73. The molecular formula is C51H51F2N13O6. The molecule has 2 fully saturated rings. The first-order chi connectivity index (χ1) is 34.8. The lowest BCUT2D eigenvalue weighted by Gasteiger charge is -2.33. The van der Waals surface area contributed by atoms with Crippen LogP contribution in [0.2, 0.25) is 0 Å². The number of aromatic nitrogens is 6. The van der Waals surface area contributed by atoms with Gasteiger partial charge in [0.25, 0.3) is 18.2 Å². The second-order valence-corrected chi connectivity index (χ2v) is 19.0. The summed E-state index contributed by atoms with van der Waals surface area (Å²) >= 11 is 0. The Kier molecular flexibility index (Phi) is 12.0. The van der Waals surface area contributed by atoms with Gasteiger partial charge >= 0.3 is 0 Å². The quantitative estimate of drug-likeness (QED) is 0.138. The van der Waals surface area contributed by atoms with Crippen LogP contribution in [0.1, 0.15) is 100 Å². The van der Waals surface area contributed by atoms with Gasteiger partial charge in [-0.2, -0.15) is 5.10 Å². The van der Waals surface area contributed by atoms with Gasteiger partial charge in [0.1, 0.15) is 11.9 Å². The second kappa shape index (κ2) is 18.7. The number of imide groups is 2. The highest BCUT2D eigenvalue weighted by molar-refractivity contribution is 6.25. The Hall–Kier alpha value is -7.94.